The van der Waals surface area contributed by atoms with Gasteiger partial charge in [0.1, 0.15) is 12.0 Å². The van der Waals surface area contributed by atoms with Gasteiger partial charge in [0.15, 0.2) is 0 Å². The number of allylic oxidation sites excluding steroid dienone is 4. The number of rotatable bonds is 5. The lowest BCUT2D eigenvalue weighted by molar-refractivity contribution is -0.124. The zero-order chi connectivity index (χ0) is 18.7. The lowest BCUT2D eigenvalue weighted by Crippen LogP contribution is -2.20. The van der Waals surface area contributed by atoms with E-state index in [4.69, 9.17) is 5.21 Å². The Labute approximate surface area is 149 Å². The van der Waals surface area contributed by atoms with Crippen LogP contribution in [0.5, 0.6) is 0 Å². The molecule has 2 heterocycles. The molecule has 26 heavy (non-hydrogen) atoms. The molecule has 0 aliphatic heterocycles. The van der Waals surface area contributed by atoms with E-state index in [-0.39, 0.29) is 11.1 Å². The molecule has 2 aromatic rings. The zero-order valence-corrected chi connectivity index (χ0v) is 14.5. The van der Waals surface area contributed by atoms with Gasteiger partial charge in [-0.25, -0.2) is 10.5 Å². The first-order valence-electron chi connectivity index (χ1n) is 8.04. The van der Waals surface area contributed by atoms with Crippen LogP contribution in [-0.4, -0.2) is 25.2 Å². The standard InChI is InChI=1S/C19H18N4O3/c1-13(2)7-9-23-12-20-17-16(19(23)25)8-10-22(17)11-14-3-5-15(6-4-14)18(24)21-26/h3,5,7-8,10,12,26H,9,11H2,1-2H3,(H,21,24). The van der Waals surface area contributed by atoms with Crippen LogP contribution in [0.15, 0.2) is 69.8 Å². The fourth-order valence-corrected chi connectivity index (χ4v) is 2.53. The Kier molecular flexibility index (Phi) is 4.87. The Morgan fingerprint density at radius 3 is 2.77 bits per heavy atom. The fourth-order valence-electron chi connectivity index (χ4n) is 2.53. The molecule has 2 aromatic heterocycles. The molecule has 1 aliphatic carbocycles. The van der Waals surface area contributed by atoms with Crippen molar-refractivity contribution in [2.45, 2.75) is 26.9 Å². The molecule has 0 saturated heterocycles. The smallest absolute Gasteiger partial charge is 0.283 e. The van der Waals surface area contributed by atoms with Crippen molar-refractivity contribution in [2.24, 2.45) is 0 Å². The molecule has 1 aliphatic rings. The highest BCUT2D eigenvalue weighted by molar-refractivity contribution is 5.95. The minimum absolute atomic E-state index is 0.0863. The number of carbonyl (C=O) groups is 1. The lowest BCUT2D eigenvalue weighted by Gasteiger charge is -2.07. The van der Waals surface area contributed by atoms with E-state index in [0.717, 1.165) is 11.1 Å². The minimum atomic E-state index is -0.641. The van der Waals surface area contributed by atoms with Crippen LogP contribution in [0.25, 0.3) is 11.0 Å². The Bertz CT molecular complexity index is 1100. The maximum absolute atomic E-state index is 12.6. The molecular weight excluding hydrogens is 332 g/mol. The van der Waals surface area contributed by atoms with Gasteiger partial charge in [0.25, 0.3) is 11.5 Å². The van der Waals surface area contributed by atoms with E-state index >= 15 is 0 Å². The third-order valence-electron chi connectivity index (χ3n) is 3.94. The predicted octanol–water partition coefficient (Wildman–Crippen LogP) is 1.85. The van der Waals surface area contributed by atoms with Crippen LogP contribution < -0.4 is 11.0 Å². The Morgan fingerprint density at radius 1 is 1.31 bits per heavy atom. The Morgan fingerprint density at radius 2 is 2.12 bits per heavy atom. The number of hydrogen-bond donors (Lipinski definition) is 2. The van der Waals surface area contributed by atoms with E-state index in [0.29, 0.717) is 24.1 Å². The number of hydrogen-bond acceptors (Lipinski definition) is 4. The second kappa shape index (κ2) is 7.25. The third kappa shape index (κ3) is 3.50. The second-order valence-corrected chi connectivity index (χ2v) is 6.13. The average molecular weight is 350 g/mol. The van der Waals surface area contributed by atoms with Crippen molar-refractivity contribution >= 4 is 16.9 Å². The molecule has 7 heteroatoms. The van der Waals surface area contributed by atoms with Crippen LogP contribution in [0.1, 0.15) is 13.8 Å². The van der Waals surface area contributed by atoms with Crippen molar-refractivity contribution in [3.05, 3.63) is 75.4 Å². The first-order valence-corrected chi connectivity index (χ1v) is 8.04. The largest absolute Gasteiger partial charge is 0.327 e. The van der Waals surface area contributed by atoms with Crippen molar-refractivity contribution in [1.82, 2.24) is 19.6 Å². The molecule has 1 amide bonds. The molecule has 7 nitrogen and oxygen atoms in total. The summed E-state index contributed by atoms with van der Waals surface area (Å²) in [4.78, 5) is 28.3. The number of nitrogens with one attached hydrogen (secondary N) is 1. The molecule has 132 valence electrons. The summed E-state index contributed by atoms with van der Waals surface area (Å²) in [5.41, 5.74) is 9.73. The van der Waals surface area contributed by atoms with Crippen molar-refractivity contribution < 1.29 is 10.0 Å². The van der Waals surface area contributed by atoms with Gasteiger partial charge in [-0.1, -0.05) is 23.1 Å². The molecule has 0 atom stereocenters. The van der Waals surface area contributed by atoms with Crippen LogP contribution in [0.4, 0.5) is 0 Å². The molecule has 0 aromatic carbocycles. The monoisotopic (exact) mass is 350 g/mol. The molecule has 0 radical (unpaired) electrons. The van der Waals surface area contributed by atoms with Gasteiger partial charge in [-0.15, -0.1) is 0 Å². The third-order valence-corrected chi connectivity index (χ3v) is 3.94. The molecule has 0 bridgehead atoms. The van der Waals surface area contributed by atoms with Crippen molar-refractivity contribution in [2.75, 3.05) is 0 Å². The number of aromatic nitrogens is 3. The summed E-state index contributed by atoms with van der Waals surface area (Å²) in [5.74, 6) is -0.641. The van der Waals surface area contributed by atoms with Crippen molar-refractivity contribution in [1.29, 1.82) is 0 Å². The molecular formula is C19H18N4O3. The summed E-state index contributed by atoms with van der Waals surface area (Å²) >= 11 is 0. The summed E-state index contributed by atoms with van der Waals surface area (Å²) in [6, 6.07) is 1.75. The quantitative estimate of drug-likeness (QED) is 0.373. The van der Waals surface area contributed by atoms with E-state index in [9.17, 15) is 9.59 Å². The van der Waals surface area contributed by atoms with Gasteiger partial charge in [-0.2, -0.15) is 0 Å². The first-order chi connectivity index (χ1) is 12.5. The maximum atomic E-state index is 12.6. The van der Waals surface area contributed by atoms with Crippen LogP contribution in [0, 0.1) is 0 Å². The average Bonchev–Trinajstić information content (AvgIpc) is 3.04. The van der Waals surface area contributed by atoms with Crippen LogP contribution >= 0.6 is 0 Å². The SMILES string of the molecule is CC(C)=CCn1cnc2c(ccn2CC2=C=C=C(C(=O)NO)C=C2)c1=O. The van der Waals surface area contributed by atoms with Crippen molar-refractivity contribution in [3.8, 4) is 0 Å². The van der Waals surface area contributed by atoms with Crippen LogP contribution in [0.3, 0.4) is 0 Å². The predicted molar refractivity (Wildman–Crippen MR) is 96.5 cm³/mol. The van der Waals surface area contributed by atoms with Gasteiger partial charge in [0, 0.05) is 18.3 Å². The number of carbonyl (C=O) groups excluding carboxylic acids is 1. The molecule has 0 spiro atoms. The molecule has 0 fully saturated rings. The van der Waals surface area contributed by atoms with E-state index in [1.165, 1.54) is 0 Å². The van der Waals surface area contributed by atoms with Gasteiger partial charge in [0.2, 0.25) is 0 Å². The molecule has 0 unspecified atom stereocenters. The van der Waals surface area contributed by atoms with E-state index < -0.39 is 5.91 Å². The topological polar surface area (TPSA) is 89.2 Å². The highest BCUT2D eigenvalue weighted by atomic mass is 16.5. The summed E-state index contributed by atoms with van der Waals surface area (Å²) < 4.78 is 3.41. The van der Waals surface area contributed by atoms with Gasteiger partial charge in [-0.05, 0) is 32.1 Å². The number of hydroxylamine groups is 1. The van der Waals surface area contributed by atoms with E-state index in [1.807, 2.05) is 24.5 Å². The van der Waals surface area contributed by atoms with Gasteiger partial charge in [0.05, 0.1) is 17.5 Å². The van der Waals surface area contributed by atoms with Crippen LogP contribution in [-0.2, 0) is 17.9 Å². The summed E-state index contributed by atoms with van der Waals surface area (Å²) in [7, 11) is 0. The fraction of sp³-hybridized carbons (Fsp3) is 0.211. The van der Waals surface area contributed by atoms with E-state index in [1.54, 1.807) is 40.8 Å². The minimum Gasteiger partial charge on any atom is -0.327 e. The first kappa shape index (κ1) is 17.5. The van der Waals surface area contributed by atoms with Gasteiger partial charge < -0.3 is 4.57 Å². The maximum Gasteiger partial charge on any atom is 0.283 e. The number of amides is 1. The molecule has 0 saturated carbocycles. The van der Waals surface area contributed by atoms with Crippen LogP contribution in [0.2, 0.25) is 0 Å². The number of fused-ring (bicyclic) bond motifs is 1. The Hall–Kier alpha value is -3.37. The summed E-state index contributed by atoms with van der Waals surface area (Å²) in [6.45, 7) is 4.89. The van der Waals surface area contributed by atoms with Gasteiger partial charge in [-0.3, -0.25) is 19.4 Å². The second-order valence-electron chi connectivity index (χ2n) is 6.13. The highest BCUT2D eigenvalue weighted by Gasteiger charge is 2.10. The number of nitrogens with zero attached hydrogens (tertiary/aromatic N) is 3. The lowest BCUT2D eigenvalue weighted by atomic mass is 10.1. The summed E-state index contributed by atoms with van der Waals surface area (Å²) in [6.07, 6.45) is 8.57. The normalized spacial score (nSPS) is 12.7. The Balaban J connectivity index is 1.93. The van der Waals surface area contributed by atoms with E-state index in [2.05, 4.69) is 16.4 Å². The highest BCUT2D eigenvalue weighted by Crippen LogP contribution is 2.13. The summed E-state index contributed by atoms with van der Waals surface area (Å²) in [5, 5.41) is 9.17. The molecule has 2 N–H and O–H groups in total. The molecule has 3 rings (SSSR count). The van der Waals surface area contributed by atoms with Gasteiger partial charge >= 0.3 is 0 Å². The van der Waals surface area contributed by atoms with Crippen molar-refractivity contribution in [3.63, 3.8) is 0 Å². The zero-order valence-electron chi connectivity index (χ0n) is 14.5.